The van der Waals surface area contributed by atoms with Gasteiger partial charge in [-0.05, 0) is 0 Å². The van der Waals surface area contributed by atoms with E-state index in [4.69, 9.17) is 0 Å². The summed E-state index contributed by atoms with van der Waals surface area (Å²) in [6.45, 7) is 19.3. The quantitative estimate of drug-likeness (QED) is 0.202. The first-order chi connectivity index (χ1) is 21.2. The van der Waals surface area contributed by atoms with Gasteiger partial charge < -0.3 is 0 Å². The maximum atomic E-state index is 4.16. The normalized spacial score (nSPS) is 81.0. The molecule has 12 heterocycles. The van der Waals surface area contributed by atoms with Crippen LogP contribution in [-0.4, -0.2) is 53.6 Å². The van der Waals surface area contributed by atoms with Crippen molar-refractivity contribution in [2.24, 2.45) is 40.9 Å². The molecule has 45 heavy (non-hydrogen) atoms. The molecule has 0 aromatic rings. The second-order valence-electron chi connectivity index (χ2n) is 25.0. The van der Waals surface area contributed by atoms with E-state index < -0.39 is 22.7 Å². The van der Waals surface area contributed by atoms with Crippen molar-refractivity contribution in [2.45, 2.75) is 148 Å². The van der Waals surface area contributed by atoms with Gasteiger partial charge in [-0.15, -0.1) is 0 Å². The monoisotopic (exact) mass is 722 g/mol. The van der Waals surface area contributed by atoms with Gasteiger partial charge >= 0.3 is 273 Å². The number of fused-ring (bicyclic) bond motifs is 11. The molecular formula is C38H64FeN2P2Si2. The number of nitrogens with one attached hydrogen (secondary N) is 2. The Morgan fingerprint density at radius 1 is 0.733 bits per heavy atom. The predicted molar refractivity (Wildman–Crippen MR) is 198 cm³/mol. The van der Waals surface area contributed by atoms with E-state index in [9.17, 15) is 0 Å². The molecule has 0 aromatic carbocycles. The van der Waals surface area contributed by atoms with E-state index in [0.29, 0.717) is 5.16 Å². The van der Waals surface area contributed by atoms with Crippen LogP contribution >= 0.6 is 18.5 Å². The Kier molecular flexibility index (Phi) is 2.50. The van der Waals surface area contributed by atoms with E-state index >= 15 is 0 Å². The molecular weight excluding hydrogens is 658 g/mol. The number of hydrogen-bond donors (Lipinski definition) is 2. The fraction of sp³-hybridized carbons (Fsp3) is 1.00. The Morgan fingerprint density at radius 3 is 1.58 bits per heavy atom. The molecule has 0 aromatic heterocycles. The van der Waals surface area contributed by atoms with E-state index in [2.05, 4.69) is 68.4 Å². The Bertz CT molecular complexity index is 1900. The molecule has 0 amide bonds. The molecule has 12 aliphatic heterocycles. The van der Waals surface area contributed by atoms with Crippen molar-refractivity contribution >= 4 is 34.6 Å². The molecule has 2 nitrogen and oxygen atoms in total. The fourth-order valence-corrected chi connectivity index (χ4v) is 175. The second kappa shape index (κ2) is 4.25. The third kappa shape index (κ3) is 0.691. The van der Waals surface area contributed by atoms with Gasteiger partial charge in [0, 0.05) is 0 Å². The van der Waals surface area contributed by atoms with Gasteiger partial charge in [-0.1, -0.05) is 0 Å². The third-order valence-corrected chi connectivity index (χ3v) is 92.2. The molecule has 16 fully saturated rings. The van der Waals surface area contributed by atoms with Crippen LogP contribution in [0, 0.1) is 40.9 Å². The SMILES string of the molecule is C[Si](C)(C)[C]12[CH]3[C]4(C(P)(C5CCCNC5)C5CCCNC5)[C]5(C6(CP)C7CC8CC(C7)CC6C8)[C]1([Si](C)(C)C)[Fe]34521678[CH]2[CH]1[CH]6[CH]7[CH]28. The minimum atomic E-state index is -4.38. The summed E-state index contributed by atoms with van der Waals surface area (Å²) >= 11 is 0. The van der Waals surface area contributed by atoms with Crippen LogP contribution in [-0.2, 0) is 6.51 Å². The summed E-state index contributed by atoms with van der Waals surface area (Å²) in [5.74, 6) is 6.29. The number of hydrogen-bond acceptors (Lipinski definition) is 2. The first-order valence-electron chi connectivity index (χ1n) is 20.3. The van der Waals surface area contributed by atoms with Crippen LogP contribution in [0.3, 0.4) is 0 Å². The van der Waals surface area contributed by atoms with Crippen LogP contribution in [0.25, 0.3) is 0 Å². The zero-order valence-corrected chi connectivity index (χ0v) is 34.7. The van der Waals surface area contributed by atoms with Crippen LogP contribution in [0.15, 0.2) is 0 Å². The molecule has 16 aliphatic rings. The van der Waals surface area contributed by atoms with Crippen molar-refractivity contribution < 1.29 is 6.51 Å². The van der Waals surface area contributed by atoms with Crippen molar-refractivity contribution in [2.75, 3.05) is 32.3 Å². The van der Waals surface area contributed by atoms with E-state index in [0.717, 1.165) is 57.4 Å². The van der Waals surface area contributed by atoms with Crippen LogP contribution < -0.4 is 10.6 Å². The molecule has 9 unspecified atom stereocenters. The molecule has 12 saturated heterocycles. The molecule has 4 bridgehead atoms. The minimum absolute atomic E-state index is 0.527. The van der Waals surface area contributed by atoms with Gasteiger partial charge in [0.1, 0.15) is 0 Å². The van der Waals surface area contributed by atoms with Crippen molar-refractivity contribution in [3.05, 3.63) is 0 Å². The molecule has 0 radical (unpaired) electrons. The van der Waals surface area contributed by atoms with Crippen molar-refractivity contribution in [3.63, 3.8) is 0 Å². The second-order valence-corrected chi connectivity index (χ2v) is 60.4. The van der Waals surface area contributed by atoms with Crippen LogP contribution in [0.1, 0.15) is 57.8 Å². The first-order valence-corrected chi connectivity index (χ1v) is 34.7. The topological polar surface area (TPSA) is 24.1 Å². The molecule has 4 saturated carbocycles. The van der Waals surface area contributed by atoms with E-state index in [-0.39, 0.29) is 0 Å². The van der Waals surface area contributed by atoms with Crippen molar-refractivity contribution in [1.29, 1.82) is 0 Å². The summed E-state index contributed by atoms with van der Waals surface area (Å²) in [5, 5.41) is 8.78. The van der Waals surface area contributed by atoms with Gasteiger partial charge in [-0.3, -0.25) is 0 Å². The van der Waals surface area contributed by atoms with Crippen LogP contribution in [0.2, 0.25) is 84.7 Å². The molecule has 16 rings (SSSR count). The summed E-state index contributed by atoms with van der Waals surface area (Å²) in [4.78, 5) is 8.27. The fourth-order valence-electron chi connectivity index (χ4n) is 32.9. The predicted octanol–water partition coefficient (Wildman–Crippen LogP) is 9.54. The Hall–Kier alpha value is 1.73. The standard InChI is InChI=1S/C33H59N2P2Si2.C5H5.Fe/c1-38(2,3)29-18-28(33(37,24-9-7-11-34-19-24)25-10-8-12-35-20-25)30(31(29)39(4,5)6)32(21-36)26-14-22-13-23(16-26)17-27(32)15-22;1-2-4-5-3-1;/h18,22-27,34-35H,7-17,19-21,36-37H2,1-6H3;1-5H;. The van der Waals surface area contributed by atoms with E-state index in [1.165, 1.54) is 74.1 Å². The van der Waals surface area contributed by atoms with Gasteiger partial charge in [-0.2, -0.15) is 0 Å². The number of rotatable bonds is 7. The van der Waals surface area contributed by atoms with Crippen molar-refractivity contribution in [3.8, 4) is 0 Å². The molecule has 1 spiro atoms. The summed E-state index contributed by atoms with van der Waals surface area (Å²) in [5.41, 5.74) is 0.726. The maximum absolute atomic E-state index is 4.38. The molecule has 4 aliphatic carbocycles. The Balaban J connectivity index is 1.15. The molecule has 9 atom stereocenters. The zero-order valence-electron chi connectivity index (χ0n) is 29.3. The summed E-state index contributed by atoms with van der Waals surface area (Å²) in [7, 11) is 4.94. The first kappa shape index (κ1) is 26.5. The number of piperidine rings is 2. The molecule has 252 valence electrons. The third-order valence-electron chi connectivity index (χ3n) is 27.4. The van der Waals surface area contributed by atoms with Crippen molar-refractivity contribution in [1.82, 2.24) is 10.6 Å². The van der Waals surface area contributed by atoms with Gasteiger partial charge in [0.2, 0.25) is 0 Å². The van der Waals surface area contributed by atoms with Gasteiger partial charge in [0.05, 0.1) is 0 Å². The average Bonchev–Trinajstić information content (AvgIpc) is 3.95. The Morgan fingerprint density at radius 2 is 1.22 bits per heavy atom. The van der Waals surface area contributed by atoms with Gasteiger partial charge in [0.25, 0.3) is 0 Å². The summed E-state index contributed by atoms with van der Waals surface area (Å²) in [6.07, 6.45) is 15.8. The van der Waals surface area contributed by atoms with Crippen LogP contribution in [0.4, 0.5) is 0 Å². The van der Waals surface area contributed by atoms with E-state index in [1.54, 1.807) is 44.9 Å². The van der Waals surface area contributed by atoms with Gasteiger partial charge in [0.15, 0.2) is 0 Å². The van der Waals surface area contributed by atoms with Crippen LogP contribution in [0.5, 0.6) is 0 Å². The molecule has 7 heteroatoms. The average molecular weight is 723 g/mol. The van der Waals surface area contributed by atoms with E-state index in [1.807, 2.05) is 0 Å². The summed E-state index contributed by atoms with van der Waals surface area (Å²) < 4.78 is 3.73. The Labute approximate surface area is 271 Å². The molecule has 2 N–H and O–H groups in total. The summed E-state index contributed by atoms with van der Waals surface area (Å²) in [6, 6.07) is 0. The van der Waals surface area contributed by atoms with Gasteiger partial charge in [-0.25, -0.2) is 0 Å². The zero-order chi connectivity index (χ0) is 30.6.